The molecule has 126 valence electrons. The Labute approximate surface area is 141 Å². The lowest BCUT2D eigenvalue weighted by molar-refractivity contribution is -0.148. The zero-order valence-electron chi connectivity index (χ0n) is 13.5. The summed E-state index contributed by atoms with van der Waals surface area (Å²) in [4.78, 5) is 25.7. The molecule has 1 aromatic rings. The van der Waals surface area contributed by atoms with Gasteiger partial charge in [-0.25, -0.2) is 4.79 Å². The maximum Gasteiger partial charge on any atom is 0.317 e. The van der Waals surface area contributed by atoms with E-state index in [0.29, 0.717) is 37.5 Å². The molecule has 1 saturated heterocycles. The highest BCUT2D eigenvalue weighted by atomic mass is 35.5. The molecule has 23 heavy (non-hydrogen) atoms. The van der Waals surface area contributed by atoms with Crippen LogP contribution >= 0.6 is 11.6 Å². The number of piperidine rings is 1. The van der Waals surface area contributed by atoms with Gasteiger partial charge in [-0.1, -0.05) is 36.7 Å². The average Bonchev–Trinajstić information content (AvgIpc) is 2.55. The number of ether oxygens (including phenoxy) is 1. The fourth-order valence-electron chi connectivity index (χ4n) is 2.95. The van der Waals surface area contributed by atoms with Crippen molar-refractivity contribution in [3.05, 3.63) is 34.9 Å². The summed E-state index contributed by atoms with van der Waals surface area (Å²) in [5, 5.41) is 3.64. The maximum absolute atomic E-state index is 12.2. The lowest BCUT2D eigenvalue weighted by Gasteiger charge is -2.35. The van der Waals surface area contributed by atoms with E-state index in [2.05, 4.69) is 5.32 Å². The van der Waals surface area contributed by atoms with Gasteiger partial charge in [0.15, 0.2) is 0 Å². The van der Waals surface area contributed by atoms with Crippen LogP contribution in [0.4, 0.5) is 4.79 Å². The molecule has 0 spiro atoms. The Kier molecular flexibility index (Phi) is 6.28. The Bertz CT molecular complexity index is 565. The van der Waals surface area contributed by atoms with E-state index in [1.165, 1.54) is 7.11 Å². The van der Waals surface area contributed by atoms with Crippen molar-refractivity contribution < 1.29 is 14.3 Å². The number of hydrogen-bond donors (Lipinski definition) is 1. The molecule has 2 atom stereocenters. The number of rotatable bonds is 4. The van der Waals surface area contributed by atoms with Crippen molar-refractivity contribution in [2.45, 2.75) is 19.8 Å². The van der Waals surface area contributed by atoms with E-state index in [9.17, 15) is 9.59 Å². The topological polar surface area (TPSA) is 58.6 Å². The molecule has 5 nitrogen and oxygen atoms in total. The smallest absolute Gasteiger partial charge is 0.317 e. The number of esters is 1. The predicted octanol–water partition coefficient (Wildman–Crippen LogP) is 2.72. The fourth-order valence-corrected chi connectivity index (χ4v) is 3.18. The van der Waals surface area contributed by atoms with Crippen LogP contribution in [0.25, 0.3) is 0 Å². The van der Waals surface area contributed by atoms with E-state index in [4.69, 9.17) is 16.3 Å². The van der Waals surface area contributed by atoms with Gasteiger partial charge in [0.05, 0.1) is 13.0 Å². The Hall–Kier alpha value is -1.75. The van der Waals surface area contributed by atoms with E-state index in [0.717, 1.165) is 5.56 Å². The summed E-state index contributed by atoms with van der Waals surface area (Å²) in [6, 6.07) is 7.53. The minimum absolute atomic E-state index is 0.0905. The number of likely N-dealkylation sites (tertiary alicyclic amines) is 1. The highest BCUT2D eigenvalue weighted by molar-refractivity contribution is 6.31. The van der Waals surface area contributed by atoms with E-state index in [1.54, 1.807) is 4.90 Å². The molecule has 0 saturated carbocycles. The first kappa shape index (κ1) is 17.6. The molecule has 0 radical (unpaired) electrons. The summed E-state index contributed by atoms with van der Waals surface area (Å²) in [7, 11) is 1.41. The Balaban J connectivity index is 1.79. The summed E-state index contributed by atoms with van der Waals surface area (Å²) in [5.74, 6) is -0.200. The Morgan fingerprint density at radius 2 is 2.13 bits per heavy atom. The van der Waals surface area contributed by atoms with Gasteiger partial charge in [0.1, 0.15) is 0 Å². The standard InChI is InChI=1S/C17H23ClN2O3/c1-12-11-20(10-8-14(12)16(21)23-2)17(22)19-9-7-13-5-3-4-6-15(13)18/h3-6,12,14H,7-11H2,1-2H3,(H,19,22)/t12-,14-/m0/s1. The molecule has 0 bridgehead atoms. The molecule has 0 aliphatic carbocycles. The molecular formula is C17H23ClN2O3. The van der Waals surface area contributed by atoms with Crippen LogP contribution in [-0.2, 0) is 16.0 Å². The van der Waals surface area contributed by atoms with Gasteiger partial charge in [0.2, 0.25) is 0 Å². The summed E-state index contributed by atoms with van der Waals surface area (Å²) in [6.45, 7) is 3.65. The van der Waals surface area contributed by atoms with Crippen LogP contribution in [0.3, 0.4) is 0 Å². The van der Waals surface area contributed by atoms with Crippen molar-refractivity contribution in [1.29, 1.82) is 0 Å². The molecule has 1 fully saturated rings. The molecule has 1 aliphatic heterocycles. The van der Waals surface area contributed by atoms with Gasteiger partial charge in [-0.2, -0.15) is 0 Å². The fraction of sp³-hybridized carbons (Fsp3) is 0.529. The predicted molar refractivity (Wildman–Crippen MR) is 89.4 cm³/mol. The van der Waals surface area contributed by atoms with E-state index >= 15 is 0 Å². The molecule has 0 unspecified atom stereocenters. The monoisotopic (exact) mass is 338 g/mol. The molecule has 2 rings (SSSR count). The molecule has 1 N–H and O–H groups in total. The first-order chi connectivity index (χ1) is 11.0. The highest BCUT2D eigenvalue weighted by Crippen LogP contribution is 2.24. The van der Waals surface area contributed by atoms with Crippen LogP contribution in [0.5, 0.6) is 0 Å². The number of urea groups is 1. The van der Waals surface area contributed by atoms with Crippen LogP contribution in [0.15, 0.2) is 24.3 Å². The second kappa shape index (κ2) is 8.20. The quantitative estimate of drug-likeness (QED) is 0.859. The summed E-state index contributed by atoms with van der Waals surface area (Å²) < 4.78 is 4.81. The van der Waals surface area contributed by atoms with Gasteiger partial charge in [0, 0.05) is 24.7 Å². The van der Waals surface area contributed by atoms with Gasteiger partial charge in [-0.3, -0.25) is 4.79 Å². The van der Waals surface area contributed by atoms with Crippen molar-refractivity contribution in [2.75, 3.05) is 26.7 Å². The van der Waals surface area contributed by atoms with Gasteiger partial charge >= 0.3 is 12.0 Å². The van der Waals surface area contributed by atoms with Gasteiger partial charge in [0.25, 0.3) is 0 Å². The molecule has 2 amide bonds. The van der Waals surface area contributed by atoms with E-state index in [-0.39, 0.29) is 23.8 Å². The number of carbonyl (C=O) groups is 2. The number of amides is 2. The third kappa shape index (κ3) is 4.61. The third-order valence-corrected chi connectivity index (χ3v) is 4.69. The Morgan fingerprint density at radius 1 is 1.39 bits per heavy atom. The number of methoxy groups -OCH3 is 1. The van der Waals surface area contributed by atoms with Crippen molar-refractivity contribution in [1.82, 2.24) is 10.2 Å². The minimum Gasteiger partial charge on any atom is -0.469 e. The number of halogens is 1. The van der Waals surface area contributed by atoms with E-state index < -0.39 is 0 Å². The SMILES string of the molecule is COC(=O)[C@H]1CCN(C(=O)NCCc2ccccc2Cl)C[C@@H]1C. The number of nitrogens with zero attached hydrogens (tertiary/aromatic N) is 1. The largest absolute Gasteiger partial charge is 0.469 e. The van der Waals surface area contributed by atoms with Gasteiger partial charge in [-0.05, 0) is 30.4 Å². The lowest BCUT2D eigenvalue weighted by Crippen LogP contribution is -2.49. The zero-order chi connectivity index (χ0) is 16.8. The molecule has 1 heterocycles. The number of carbonyl (C=O) groups excluding carboxylic acids is 2. The van der Waals surface area contributed by atoms with Crippen LogP contribution in [0.1, 0.15) is 18.9 Å². The summed E-state index contributed by atoms with van der Waals surface area (Å²) in [6.07, 6.45) is 1.34. The second-order valence-electron chi connectivity index (χ2n) is 5.91. The van der Waals surface area contributed by atoms with Crippen molar-refractivity contribution in [2.24, 2.45) is 11.8 Å². The van der Waals surface area contributed by atoms with E-state index in [1.807, 2.05) is 31.2 Å². The first-order valence-electron chi connectivity index (χ1n) is 7.87. The summed E-state index contributed by atoms with van der Waals surface area (Å²) in [5.41, 5.74) is 1.02. The minimum atomic E-state index is -0.184. The zero-order valence-corrected chi connectivity index (χ0v) is 14.3. The van der Waals surface area contributed by atoms with Crippen molar-refractivity contribution >= 4 is 23.6 Å². The van der Waals surface area contributed by atoms with Crippen molar-refractivity contribution in [3.63, 3.8) is 0 Å². The maximum atomic E-state index is 12.2. The third-order valence-electron chi connectivity index (χ3n) is 4.32. The van der Waals surface area contributed by atoms with Gasteiger partial charge < -0.3 is 15.0 Å². The molecule has 1 aliphatic rings. The molecule has 1 aromatic carbocycles. The van der Waals surface area contributed by atoms with Crippen LogP contribution in [0.2, 0.25) is 5.02 Å². The first-order valence-corrected chi connectivity index (χ1v) is 8.24. The summed E-state index contributed by atoms with van der Waals surface area (Å²) >= 11 is 6.10. The molecular weight excluding hydrogens is 316 g/mol. The highest BCUT2D eigenvalue weighted by Gasteiger charge is 2.33. The molecule has 6 heteroatoms. The van der Waals surface area contributed by atoms with Crippen LogP contribution in [0, 0.1) is 11.8 Å². The second-order valence-corrected chi connectivity index (χ2v) is 6.32. The Morgan fingerprint density at radius 3 is 2.78 bits per heavy atom. The van der Waals surface area contributed by atoms with Crippen LogP contribution < -0.4 is 5.32 Å². The number of nitrogens with one attached hydrogen (secondary N) is 1. The van der Waals surface area contributed by atoms with Gasteiger partial charge in [-0.15, -0.1) is 0 Å². The molecule has 0 aromatic heterocycles. The average molecular weight is 339 g/mol. The normalized spacial score (nSPS) is 20.9. The lowest BCUT2D eigenvalue weighted by atomic mass is 9.87. The number of benzene rings is 1. The van der Waals surface area contributed by atoms with Crippen LogP contribution in [-0.4, -0.2) is 43.6 Å². The van der Waals surface area contributed by atoms with Crippen molar-refractivity contribution in [3.8, 4) is 0 Å². The number of hydrogen-bond acceptors (Lipinski definition) is 3.